The molecule has 2 fully saturated rings. The van der Waals surface area contributed by atoms with E-state index in [4.69, 9.17) is 0 Å². The van der Waals surface area contributed by atoms with Crippen LogP contribution in [0.2, 0.25) is 0 Å². The molecule has 34 heavy (non-hydrogen) atoms. The molecule has 7 nitrogen and oxygen atoms in total. The maximum Gasteiger partial charge on any atom is 0.254 e. The number of halogens is 1. The number of likely N-dealkylation sites (tertiary alicyclic amines) is 2. The molecule has 2 aliphatic heterocycles. The molecule has 8 heteroatoms. The maximum atomic E-state index is 13.3. The van der Waals surface area contributed by atoms with E-state index < -0.39 is 0 Å². The predicted molar refractivity (Wildman–Crippen MR) is 134 cm³/mol. The van der Waals surface area contributed by atoms with Gasteiger partial charge in [0.2, 0.25) is 0 Å². The van der Waals surface area contributed by atoms with Gasteiger partial charge in [0.15, 0.2) is 5.82 Å². The van der Waals surface area contributed by atoms with Gasteiger partial charge in [-0.15, -0.1) is 17.5 Å². The quantitative estimate of drug-likeness (QED) is 0.542. The number of para-hydroxylation sites is 1. The summed E-state index contributed by atoms with van der Waals surface area (Å²) < 4.78 is 1.83. The van der Waals surface area contributed by atoms with Crippen molar-refractivity contribution in [2.75, 3.05) is 19.6 Å². The fourth-order valence-corrected chi connectivity index (χ4v) is 5.39. The Balaban J connectivity index is 0.00000274. The van der Waals surface area contributed by atoms with Crippen LogP contribution in [0.3, 0.4) is 0 Å². The zero-order valence-corrected chi connectivity index (χ0v) is 20.3. The summed E-state index contributed by atoms with van der Waals surface area (Å²) in [6.45, 7) is 3.64. The van der Waals surface area contributed by atoms with Crippen molar-refractivity contribution in [3.8, 4) is 5.69 Å². The molecule has 3 aromatic rings. The average molecular weight is 481 g/mol. The Labute approximate surface area is 207 Å². The first kappa shape index (κ1) is 24.4. The summed E-state index contributed by atoms with van der Waals surface area (Å²) in [4.78, 5) is 18.0. The van der Waals surface area contributed by atoms with Gasteiger partial charge < -0.3 is 4.90 Å². The van der Waals surface area contributed by atoms with E-state index in [9.17, 15) is 4.79 Å². The van der Waals surface area contributed by atoms with Crippen molar-refractivity contribution in [2.24, 2.45) is 5.92 Å². The molecule has 1 unspecified atom stereocenters. The van der Waals surface area contributed by atoms with Crippen molar-refractivity contribution in [2.45, 2.75) is 51.1 Å². The number of amides is 1. The van der Waals surface area contributed by atoms with Crippen molar-refractivity contribution in [3.05, 3.63) is 72.1 Å². The summed E-state index contributed by atoms with van der Waals surface area (Å²) in [6.07, 6.45) is 6.88. The molecule has 0 saturated carbocycles. The first-order valence-corrected chi connectivity index (χ1v) is 12.2. The molecular weight excluding hydrogens is 448 g/mol. The van der Waals surface area contributed by atoms with E-state index in [0.29, 0.717) is 12.0 Å². The third-order valence-electron chi connectivity index (χ3n) is 7.16. The summed E-state index contributed by atoms with van der Waals surface area (Å²) in [6, 6.07) is 20.2. The number of rotatable bonds is 5. The number of aromatic nitrogens is 4. The van der Waals surface area contributed by atoms with Crippen LogP contribution in [0.4, 0.5) is 0 Å². The van der Waals surface area contributed by atoms with E-state index in [2.05, 4.69) is 25.3 Å². The maximum absolute atomic E-state index is 13.3. The molecule has 0 aliphatic carbocycles. The Morgan fingerprint density at radius 3 is 2.29 bits per heavy atom. The lowest BCUT2D eigenvalue weighted by atomic mass is 9.86. The highest BCUT2D eigenvalue weighted by molar-refractivity contribution is 5.94. The molecule has 3 heterocycles. The summed E-state index contributed by atoms with van der Waals surface area (Å²) >= 11 is 0. The summed E-state index contributed by atoms with van der Waals surface area (Å²) in [5.74, 6) is 1.62. The van der Waals surface area contributed by atoms with Gasteiger partial charge in [-0.2, -0.15) is 4.68 Å². The largest absolute Gasteiger partial charge is 0.335 e. The van der Waals surface area contributed by atoms with Crippen molar-refractivity contribution in [3.63, 3.8) is 0 Å². The van der Waals surface area contributed by atoms with Gasteiger partial charge in [-0.1, -0.05) is 49.2 Å². The summed E-state index contributed by atoms with van der Waals surface area (Å²) in [5.41, 5.74) is 1.80. The van der Waals surface area contributed by atoms with Crippen LogP contribution >= 0.6 is 12.4 Å². The van der Waals surface area contributed by atoms with E-state index in [1.54, 1.807) is 0 Å². The van der Waals surface area contributed by atoms with E-state index in [-0.39, 0.29) is 18.3 Å². The van der Waals surface area contributed by atoms with E-state index in [0.717, 1.165) is 68.9 Å². The average Bonchev–Trinajstić information content (AvgIpc) is 3.20. The fraction of sp³-hybridized carbons (Fsp3) is 0.462. The highest BCUT2D eigenvalue weighted by atomic mass is 35.5. The number of carbonyl (C=O) groups excluding carboxylic acids is 1. The highest BCUT2D eigenvalue weighted by Crippen LogP contribution is 2.31. The van der Waals surface area contributed by atoms with Gasteiger partial charge in [-0.3, -0.25) is 9.69 Å². The van der Waals surface area contributed by atoms with Gasteiger partial charge in [-0.05, 0) is 79.4 Å². The number of piperidine rings is 1. The van der Waals surface area contributed by atoms with Gasteiger partial charge in [0.1, 0.15) is 0 Å². The lowest BCUT2D eigenvalue weighted by molar-refractivity contribution is 0.0512. The number of hydrogen-bond acceptors (Lipinski definition) is 5. The second kappa shape index (κ2) is 11.6. The van der Waals surface area contributed by atoms with E-state index in [1.165, 1.54) is 12.8 Å². The van der Waals surface area contributed by atoms with Crippen molar-refractivity contribution in [1.29, 1.82) is 0 Å². The molecule has 0 spiro atoms. The van der Waals surface area contributed by atoms with Gasteiger partial charge in [0, 0.05) is 18.2 Å². The second-order valence-electron chi connectivity index (χ2n) is 9.24. The Morgan fingerprint density at radius 2 is 1.56 bits per heavy atom. The monoisotopic (exact) mass is 480 g/mol. The molecule has 2 saturated heterocycles. The number of tetrazole rings is 1. The molecule has 1 aromatic heterocycles. The molecule has 1 amide bonds. The minimum atomic E-state index is 0. The van der Waals surface area contributed by atoms with Crippen molar-refractivity contribution < 1.29 is 4.79 Å². The normalized spacial score (nSPS) is 19.9. The number of carbonyl (C=O) groups is 1. The Bertz CT molecular complexity index is 1040. The van der Waals surface area contributed by atoms with Crippen LogP contribution in [-0.2, 0) is 6.54 Å². The molecule has 0 N–H and O–H groups in total. The first-order chi connectivity index (χ1) is 16.3. The topological polar surface area (TPSA) is 67.2 Å². The second-order valence-corrected chi connectivity index (χ2v) is 9.24. The minimum absolute atomic E-state index is 0. The van der Waals surface area contributed by atoms with Crippen LogP contribution in [0.5, 0.6) is 0 Å². The first-order valence-electron chi connectivity index (χ1n) is 12.2. The molecule has 0 radical (unpaired) electrons. The zero-order chi connectivity index (χ0) is 22.5. The summed E-state index contributed by atoms with van der Waals surface area (Å²) in [7, 11) is 0. The molecule has 2 aromatic carbocycles. The third kappa shape index (κ3) is 5.47. The molecule has 2 aliphatic rings. The van der Waals surface area contributed by atoms with Gasteiger partial charge in [0.25, 0.3) is 5.91 Å². The SMILES string of the molecule is Cl.O=C(c1ccccc1)N1CCCCCC1C1CCN(Cc2nnnn2-c2ccccc2)CC1. The summed E-state index contributed by atoms with van der Waals surface area (Å²) in [5, 5.41) is 12.4. The van der Waals surface area contributed by atoms with Crippen LogP contribution in [-0.4, -0.2) is 61.6 Å². The highest BCUT2D eigenvalue weighted by Gasteiger charge is 2.34. The number of hydrogen-bond donors (Lipinski definition) is 0. The van der Waals surface area contributed by atoms with Crippen LogP contribution in [0.15, 0.2) is 60.7 Å². The lowest BCUT2D eigenvalue weighted by Gasteiger charge is -2.40. The van der Waals surface area contributed by atoms with E-state index >= 15 is 0 Å². The lowest BCUT2D eigenvalue weighted by Crippen LogP contribution is -2.47. The Morgan fingerprint density at radius 1 is 0.853 bits per heavy atom. The molecule has 0 bridgehead atoms. The molecule has 1 atom stereocenters. The van der Waals surface area contributed by atoms with Crippen LogP contribution < -0.4 is 0 Å². The van der Waals surface area contributed by atoms with Crippen LogP contribution in [0.25, 0.3) is 5.69 Å². The van der Waals surface area contributed by atoms with Crippen LogP contribution in [0.1, 0.15) is 54.7 Å². The standard InChI is InChI=1S/C26H32N6O.ClH/c33-26(22-10-4-1-5-11-22)31-17-9-3-8-14-24(31)21-15-18-30(19-16-21)20-25-27-28-29-32(25)23-12-6-2-7-13-23;/h1-2,4-7,10-13,21,24H,3,8-9,14-20H2;1H. The van der Waals surface area contributed by atoms with Gasteiger partial charge >= 0.3 is 0 Å². The van der Waals surface area contributed by atoms with E-state index in [1.807, 2.05) is 65.3 Å². The minimum Gasteiger partial charge on any atom is -0.335 e. The zero-order valence-electron chi connectivity index (χ0n) is 19.5. The number of benzene rings is 2. The predicted octanol–water partition coefficient (Wildman–Crippen LogP) is 4.38. The smallest absolute Gasteiger partial charge is 0.254 e. The Kier molecular flexibility index (Phi) is 8.29. The molecule has 180 valence electrons. The van der Waals surface area contributed by atoms with Crippen molar-refractivity contribution >= 4 is 18.3 Å². The van der Waals surface area contributed by atoms with Crippen LogP contribution in [0, 0.1) is 5.92 Å². The Hall–Kier alpha value is -2.77. The van der Waals surface area contributed by atoms with Crippen molar-refractivity contribution in [1.82, 2.24) is 30.0 Å². The number of nitrogens with zero attached hydrogens (tertiary/aromatic N) is 6. The van der Waals surface area contributed by atoms with Gasteiger partial charge in [0.05, 0.1) is 12.2 Å². The molecule has 5 rings (SSSR count). The molecular formula is C26H33ClN6O. The third-order valence-corrected chi connectivity index (χ3v) is 7.16. The van der Waals surface area contributed by atoms with Gasteiger partial charge in [-0.25, -0.2) is 0 Å². The fourth-order valence-electron chi connectivity index (χ4n) is 5.39.